The van der Waals surface area contributed by atoms with Crippen molar-refractivity contribution in [3.05, 3.63) is 88.5 Å². The van der Waals surface area contributed by atoms with Crippen LogP contribution in [0.25, 0.3) is 11.1 Å². The van der Waals surface area contributed by atoms with Crippen molar-refractivity contribution in [1.82, 2.24) is 0 Å². The van der Waals surface area contributed by atoms with Gasteiger partial charge in [-0.2, -0.15) is 14.0 Å². The van der Waals surface area contributed by atoms with Gasteiger partial charge in [-0.3, -0.25) is 0 Å². The van der Waals surface area contributed by atoms with Gasteiger partial charge in [0.15, 0.2) is 11.6 Å². The maximum Gasteiger partial charge on any atom is 0.429 e. The summed E-state index contributed by atoms with van der Waals surface area (Å²) in [4.78, 5) is 0. The summed E-state index contributed by atoms with van der Waals surface area (Å²) in [6.07, 6.45) is -2.74. The van der Waals surface area contributed by atoms with Crippen LogP contribution < -0.4 is 4.74 Å². The molecule has 0 N–H and O–H groups in total. The number of rotatable bonds is 6. The van der Waals surface area contributed by atoms with Crippen LogP contribution in [-0.4, -0.2) is 0 Å². The molecule has 3 aromatic carbocycles. The van der Waals surface area contributed by atoms with E-state index in [2.05, 4.69) is 4.74 Å². The van der Waals surface area contributed by atoms with Crippen molar-refractivity contribution in [1.29, 1.82) is 5.26 Å². The summed E-state index contributed by atoms with van der Waals surface area (Å²) in [5.41, 5.74) is -1.37. The summed E-state index contributed by atoms with van der Waals surface area (Å²) in [6.45, 7) is 1.99. The van der Waals surface area contributed by atoms with Crippen molar-refractivity contribution in [2.45, 2.75) is 25.9 Å². The van der Waals surface area contributed by atoms with Gasteiger partial charge in [-0.15, -0.1) is 0 Å². The number of alkyl halides is 2. The van der Waals surface area contributed by atoms with E-state index in [0.717, 1.165) is 24.5 Å². The van der Waals surface area contributed by atoms with E-state index in [1.807, 2.05) is 6.92 Å². The second kappa shape index (κ2) is 8.72. The fourth-order valence-electron chi connectivity index (χ4n) is 3.06. The second-order valence-electron chi connectivity index (χ2n) is 6.73. The van der Waals surface area contributed by atoms with Crippen LogP contribution >= 0.6 is 0 Å². The maximum atomic E-state index is 14.6. The molecule has 0 aliphatic carbocycles. The van der Waals surface area contributed by atoms with Crippen LogP contribution in [0.15, 0.2) is 48.5 Å². The lowest BCUT2D eigenvalue weighted by molar-refractivity contribution is -0.187. The average Bonchev–Trinajstić information content (AvgIpc) is 2.70. The van der Waals surface area contributed by atoms with Gasteiger partial charge in [0.1, 0.15) is 34.6 Å². The van der Waals surface area contributed by atoms with Gasteiger partial charge < -0.3 is 4.74 Å². The molecule has 8 heteroatoms. The van der Waals surface area contributed by atoms with Gasteiger partial charge in [0, 0.05) is 17.7 Å². The third-order valence-electron chi connectivity index (χ3n) is 4.57. The Morgan fingerprint density at radius 2 is 1.52 bits per heavy atom. The summed E-state index contributed by atoms with van der Waals surface area (Å²) < 4.78 is 89.5. The number of halogens is 6. The van der Waals surface area contributed by atoms with Gasteiger partial charge in [0.2, 0.25) is 0 Å². The Hall–Kier alpha value is -3.47. The predicted octanol–water partition coefficient (Wildman–Crippen LogP) is 6.86. The molecule has 3 rings (SSSR count). The van der Waals surface area contributed by atoms with Gasteiger partial charge in [-0.1, -0.05) is 43.7 Å². The molecule has 3 aromatic rings. The number of aryl methyl sites for hydroxylation is 1. The molecule has 160 valence electrons. The molecule has 0 radical (unpaired) electrons. The monoisotopic (exact) mass is 435 g/mol. The third kappa shape index (κ3) is 4.50. The number of nitriles is 1. The fourth-order valence-corrected chi connectivity index (χ4v) is 3.06. The normalized spacial score (nSPS) is 11.3. The smallest absolute Gasteiger partial charge is 0.429 e. The first-order valence-electron chi connectivity index (χ1n) is 9.21. The van der Waals surface area contributed by atoms with Gasteiger partial charge in [0.25, 0.3) is 0 Å². The molecule has 31 heavy (non-hydrogen) atoms. The van der Waals surface area contributed by atoms with Gasteiger partial charge in [0.05, 0.1) is 0 Å². The first-order chi connectivity index (χ1) is 14.7. The number of benzene rings is 3. The van der Waals surface area contributed by atoms with Crippen molar-refractivity contribution in [3.63, 3.8) is 0 Å². The van der Waals surface area contributed by atoms with Crippen molar-refractivity contribution in [2.24, 2.45) is 0 Å². The molecule has 0 saturated heterocycles. The summed E-state index contributed by atoms with van der Waals surface area (Å²) in [7, 11) is 0. The summed E-state index contributed by atoms with van der Waals surface area (Å²) in [5.74, 6) is -7.21. The van der Waals surface area contributed by atoms with Crippen LogP contribution in [0.4, 0.5) is 26.3 Å². The lowest BCUT2D eigenvalue weighted by Gasteiger charge is -2.20. The zero-order chi connectivity index (χ0) is 22.8. The lowest BCUT2D eigenvalue weighted by Crippen LogP contribution is -2.24. The summed E-state index contributed by atoms with van der Waals surface area (Å²) in [5, 5.41) is 8.62. The first kappa shape index (κ1) is 22.2. The number of nitrogens with zero attached hydrogens (tertiary/aromatic N) is 1. The second-order valence-corrected chi connectivity index (χ2v) is 6.73. The first-order valence-corrected chi connectivity index (χ1v) is 9.21. The minimum absolute atomic E-state index is 0.226. The molecule has 2 nitrogen and oxygen atoms in total. The van der Waals surface area contributed by atoms with E-state index in [1.54, 1.807) is 24.3 Å². The van der Waals surface area contributed by atoms with E-state index >= 15 is 0 Å². The van der Waals surface area contributed by atoms with E-state index < -0.39 is 46.3 Å². The molecule has 0 aliphatic rings. The zero-order valence-corrected chi connectivity index (χ0v) is 16.2. The Labute approximate surface area is 174 Å². The van der Waals surface area contributed by atoms with E-state index in [4.69, 9.17) is 5.26 Å². The molecule has 0 heterocycles. The Morgan fingerprint density at radius 3 is 2.06 bits per heavy atom. The van der Waals surface area contributed by atoms with E-state index in [9.17, 15) is 26.3 Å². The Morgan fingerprint density at radius 1 is 0.903 bits per heavy atom. The molecule has 0 spiro atoms. The third-order valence-corrected chi connectivity index (χ3v) is 4.57. The van der Waals surface area contributed by atoms with Crippen LogP contribution in [-0.2, 0) is 12.5 Å². The van der Waals surface area contributed by atoms with Crippen molar-refractivity contribution >= 4 is 0 Å². The molecule has 0 aliphatic heterocycles. The molecule has 0 amide bonds. The molecule has 0 saturated carbocycles. The average molecular weight is 435 g/mol. The minimum Gasteiger partial charge on any atom is -0.429 e. The Kier molecular flexibility index (Phi) is 6.25. The number of hydrogen-bond acceptors (Lipinski definition) is 2. The minimum atomic E-state index is -4.44. The van der Waals surface area contributed by atoms with E-state index in [0.29, 0.717) is 23.8 Å². The van der Waals surface area contributed by atoms with Crippen LogP contribution in [0.1, 0.15) is 30.0 Å². The molecule has 0 atom stereocenters. The van der Waals surface area contributed by atoms with Crippen LogP contribution in [0.3, 0.4) is 0 Å². The summed E-state index contributed by atoms with van der Waals surface area (Å²) in [6, 6.07) is 10.1. The number of hydrogen-bond donors (Lipinski definition) is 0. The highest BCUT2D eigenvalue weighted by molar-refractivity contribution is 5.65. The van der Waals surface area contributed by atoms with Gasteiger partial charge in [-0.05, 0) is 23.6 Å². The number of ether oxygens (including phenoxy) is 1. The molecule has 0 bridgehead atoms. The van der Waals surface area contributed by atoms with E-state index in [1.165, 1.54) is 6.07 Å². The molecule has 0 aromatic heterocycles. The van der Waals surface area contributed by atoms with Crippen molar-refractivity contribution < 1.29 is 31.1 Å². The lowest BCUT2D eigenvalue weighted by atomic mass is 10.00. The maximum absolute atomic E-state index is 14.6. The molecular weight excluding hydrogens is 420 g/mol. The largest absolute Gasteiger partial charge is 0.429 e. The highest BCUT2D eigenvalue weighted by atomic mass is 19.3. The predicted molar refractivity (Wildman–Crippen MR) is 101 cm³/mol. The quantitative estimate of drug-likeness (QED) is 0.396. The molecular formula is C23H15F6NO. The van der Waals surface area contributed by atoms with E-state index in [-0.39, 0.29) is 5.56 Å². The Balaban J connectivity index is 1.94. The van der Waals surface area contributed by atoms with Gasteiger partial charge >= 0.3 is 6.11 Å². The molecule has 0 unspecified atom stereocenters. The van der Waals surface area contributed by atoms with Crippen molar-refractivity contribution in [3.8, 4) is 22.9 Å². The van der Waals surface area contributed by atoms with Crippen molar-refractivity contribution in [2.75, 3.05) is 0 Å². The standard InChI is InChI=1S/C23H15F6NO/c1-2-3-13-4-6-14(7-5-13)16-8-9-18(22(27)21(16)26)23(28,29)31-15-10-19(24)17(12-30)20(25)11-15/h4-11H,2-3H2,1H3. The summed E-state index contributed by atoms with van der Waals surface area (Å²) >= 11 is 0. The van der Waals surface area contributed by atoms with Crippen LogP contribution in [0.2, 0.25) is 0 Å². The highest BCUT2D eigenvalue weighted by Gasteiger charge is 2.39. The van der Waals surface area contributed by atoms with Crippen LogP contribution in [0, 0.1) is 34.6 Å². The topological polar surface area (TPSA) is 33.0 Å². The zero-order valence-electron chi connectivity index (χ0n) is 16.2. The Bertz CT molecular complexity index is 1130. The molecule has 0 fully saturated rings. The highest BCUT2D eigenvalue weighted by Crippen LogP contribution is 2.37. The van der Waals surface area contributed by atoms with Crippen LogP contribution in [0.5, 0.6) is 5.75 Å². The SMILES string of the molecule is CCCc1ccc(-c2ccc(C(F)(F)Oc3cc(F)c(C#N)c(F)c3)c(F)c2F)cc1. The fraction of sp³-hybridized carbons (Fsp3) is 0.174. The van der Waals surface area contributed by atoms with Gasteiger partial charge in [-0.25, -0.2) is 17.6 Å².